The van der Waals surface area contributed by atoms with Crippen LogP contribution in [0.25, 0.3) is 0 Å². The van der Waals surface area contributed by atoms with Crippen LogP contribution in [0.3, 0.4) is 0 Å². The number of benzene rings is 1. The molecule has 2 N–H and O–H groups in total. The Balaban J connectivity index is 1.89. The zero-order valence-corrected chi connectivity index (χ0v) is 19.4. The van der Waals surface area contributed by atoms with Crippen molar-refractivity contribution < 1.29 is 22.8 Å². The molecule has 1 aromatic heterocycles. The predicted molar refractivity (Wildman–Crippen MR) is 123 cm³/mol. The molecule has 34 heavy (non-hydrogen) atoms. The molecule has 2 aromatic rings. The van der Waals surface area contributed by atoms with Crippen LogP contribution in [0, 0.1) is 0 Å². The summed E-state index contributed by atoms with van der Waals surface area (Å²) in [5, 5.41) is 0. The monoisotopic (exact) mass is 469 g/mol. The first-order chi connectivity index (χ1) is 16.0. The molecule has 8 heteroatoms. The number of nitrogens with two attached hydrogens (primary N) is 1. The number of allylic oxidation sites excluding steroid dienone is 2. The van der Waals surface area contributed by atoms with E-state index >= 15 is 13.2 Å². The molecule has 1 aliphatic heterocycles. The Morgan fingerprint density at radius 1 is 1.03 bits per heavy atom. The number of hydrogen-bond donors (Lipinski definition) is 1. The Kier molecular flexibility index (Phi) is 5.97. The second-order valence-corrected chi connectivity index (χ2v) is 9.34. The Hall–Kier alpha value is -3.26. The van der Waals surface area contributed by atoms with Gasteiger partial charge in [-0.15, -0.1) is 0 Å². The number of carbonyl (C=O) groups is 2. The summed E-state index contributed by atoms with van der Waals surface area (Å²) in [6, 6.07) is 8.45. The van der Waals surface area contributed by atoms with Crippen LogP contribution in [-0.4, -0.2) is 28.5 Å². The van der Waals surface area contributed by atoms with Crippen molar-refractivity contribution in [1.82, 2.24) is 4.98 Å². The van der Waals surface area contributed by atoms with Crippen LogP contribution >= 0.6 is 0 Å². The number of aromatic nitrogens is 1. The molecule has 1 fully saturated rings. The third kappa shape index (κ3) is 3.39. The smallest absolute Gasteiger partial charge is 0.266 e. The molecule has 4 rings (SSSR count). The Bertz CT molecular complexity index is 1210. The summed E-state index contributed by atoms with van der Waals surface area (Å²) in [5.41, 5.74) is 3.90. The van der Waals surface area contributed by atoms with E-state index < -0.39 is 46.3 Å². The summed E-state index contributed by atoms with van der Waals surface area (Å²) in [4.78, 5) is 31.7. The van der Waals surface area contributed by atoms with Crippen LogP contribution in [0.15, 0.2) is 65.5 Å². The van der Waals surface area contributed by atoms with Gasteiger partial charge in [0.2, 0.25) is 0 Å². The highest BCUT2D eigenvalue weighted by Gasteiger charge is 2.64. The number of anilines is 1. The zero-order chi connectivity index (χ0) is 24.9. The molecule has 1 saturated heterocycles. The van der Waals surface area contributed by atoms with E-state index in [1.54, 1.807) is 30.3 Å². The molecule has 2 amide bonds. The molecule has 1 aliphatic carbocycles. The number of alkyl halides is 1. The van der Waals surface area contributed by atoms with Crippen molar-refractivity contribution in [2.24, 2.45) is 5.73 Å². The number of carbonyl (C=O) groups excluding carboxylic acids is 2. The van der Waals surface area contributed by atoms with Crippen molar-refractivity contribution in [3.63, 3.8) is 0 Å². The van der Waals surface area contributed by atoms with E-state index in [1.165, 1.54) is 12.4 Å². The number of pyridine rings is 1. The maximum atomic E-state index is 15.9. The molecule has 0 bridgehead atoms. The number of nitrogens with zero attached hydrogens (tertiary/aromatic N) is 2. The van der Waals surface area contributed by atoms with Gasteiger partial charge in [0.25, 0.3) is 11.8 Å². The SMILES string of the molecule is CC(C)c1cccc(C(C)C)c1N1C(=O)C2=C(F)C(F)=C(Cc3cccnc3)C(F)C2(N)C1=O. The van der Waals surface area contributed by atoms with Gasteiger partial charge in [-0.05, 0) is 34.6 Å². The Morgan fingerprint density at radius 2 is 1.65 bits per heavy atom. The normalized spacial score (nSPS) is 23.0. The van der Waals surface area contributed by atoms with Crippen molar-refractivity contribution in [2.45, 2.75) is 57.7 Å². The fourth-order valence-electron chi connectivity index (χ4n) is 4.68. The van der Waals surface area contributed by atoms with Gasteiger partial charge in [-0.1, -0.05) is 52.0 Å². The average Bonchev–Trinajstić information content (AvgIpc) is 3.01. The quantitative estimate of drug-likeness (QED) is 0.630. The van der Waals surface area contributed by atoms with Crippen molar-refractivity contribution >= 4 is 17.5 Å². The molecular weight excluding hydrogens is 443 g/mol. The van der Waals surface area contributed by atoms with E-state index in [0.29, 0.717) is 16.7 Å². The molecule has 1 aromatic carbocycles. The van der Waals surface area contributed by atoms with Gasteiger partial charge in [0.15, 0.2) is 23.4 Å². The lowest BCUT2D eigenvalue weighted by Gasteiger charge is -2.32. The first kappa shape index (κ1) is 23.9. The molecule has 2 aliphatic rings. The van der Waals surface area contributed by atoms with Crippen LogP contribution in [0.5, 0.6) is 0 Å². The minimum Gasteiger partial charge on any atom is -0.311 e. The number of fused-ring (bicyclic) bond motifs is 1. The molecule has 0 radical (unpaired) electrons. The van der Waals surface area contributed by atoms with Gasteiger partial charge in [-0.3, -0.25) is 14.6 Å². The summed E-state index contributed by atoms with van der Waals surface area (Å²) in [7, 11) is 0. The van der Waals surface area contributed by atoms with Crippen molar-refractivity contribution in [3.05, 3.63) is 82.2 Å². The highest BCUT2D eigenvalue weighted by Crippen LogP contribution is 2.48. The van der Waals surface area contributed by atoms with E-state index in [0.717, 1.165) is 4.90 Å². The molecule has 5 nitrogen and oxygen atoms in total. The van der Waals surface area contributed by atoms with E-state index in [2.05, 4.69) is 4.98 Å². The maximum absolute atomic E-state index is 15.9. The van der Waals surface area contributed by atoms with Crippen molar-refractivity contribution in [1.29, 1.82) is 0 Å². The Morgan fingerprint density at radius 3 is 2.18 bits per heavy atom. The van der Waals surface area contributed by atoms with Crippen LogP contribution in [0.2, 0.25) is 0 Å². The van der Waals surface area contributed by atoms with E-state index in [1.807, 2.05) is 27.7 Å². The Labute approximate surface area is 196 Å². The molecule has 178 valence electrons. The van der Waals surface area contributed by atoms with Crippen LogP contribution in [0.4, 0.5) is 18.9 Å². The van der Waals surface area contributed by atoms with Gasteiger partial charge in [0, 0.05) is 24.4 Å². The molecule has 2 heterocycles. The van der Waals surface area contributed by atoms with Gasteiger partial charge in [-0.2, -0.15) is 0 Å². The fraction of sp³-hybridized carbons (Fsp3) is 0.346. The largest absolute Gasteiger partial charge is 0.311 e. The lowest BCUT2D eigenvalue weighted by Crippen LogP contribution is -2.58. The molecule has 0 saturated carbocycles. The number of hydrogen-bond acceptors (Lipinski definition) is 4. The van der Waals surface area contributed by atoms with Gasteiger partial charge in [0.05, 0.1) is 11.3 Å². The number of amides is 2. The number of halogens is 3. The molecular formula is C26H26F3N3O2. The van der Waals surface area contributed by atoms with Crippen LogP contribution < -0.4 is 10.6 Å². The zero-order valence-electron chi connectivity index (χ0n) is 19.4. The number of imide groups is 1. The summed E-state index contributed by atoms with van der Waals surface area (Å²) in [6.07, 6.45) is 0.0922. The topological polar surface area (TPSA) is 76.3 Å². The van der Waals surface area contributed by atoms with Gasteiger partial charge >= 0.3 is 0 Å². The molecule has 2 unspecified atom stereocenters. The third-order valence-electron chi connectivity index (χ3n) is 6.47. The predicted octanol–water partition coefficient (Wildman–Crippen LogP) is 4.94. The maximum Gasteiger partial charge on any atom is 0.266 e. The summed E-state index contributed by atoms with van der Waals surface area (Å²) < 4.78 is 46.3. The summed E-state index contributed by atoms with van der Waals surface area (Å²) in [6.45, 7) is 7.52. The second-order valence-electron chi connectivity index (χ2n) is 9.34. The van der Waals surface area contributed by atoms with Crippen LogP contribution in [-0.2, 0) is 16.0 Å². The van der Waals surface area contributed by atoms with E-state index in [-0.39, 0.29) is 23.9 Å². The first-order valence-corrected chi connectivity index (χ1v) is 11.1. The average molecular weight is 470 g/mol. The standard InChI is InChI=1S/C26H26F3N3O2/c1-13(2)16-8-5-9-17(14(3)4)22(16)32-24(33)19-21(28)20(27)18(11-15-7-6-10-31-12-15)23(29)26(19,30)25(32)34/h5-10,12-14,23H,11,30H2,1-4H3. The summed E-state index contributed by atoms with van der Waals surface area (Å²) >= 11 is 0. The minimum absolute atomic E-state index is 0.110. The summed E-state index contributed by atoms with van der Waals surface area (Å²) in [5.74, 6) is -5.57. The first-order valence-electron chi connectivity index (χ1n) is 11.1. The van der Waals surface area contributed by atoms with E-state index in [4.69, 9.17) is 5.73 Å². The van der Waals surface area contributed by atoms with Crippen molar-refractivity contribution in [2.75, 3.05) is 4.90 Å². The van der Waals surface area contributed by atoms with Crippen molar-refractivity contribution in [3.8, 4) is 0 Å². The number of rotatable bonds is 5. The fourth-order valence-corrected chi connectivity index (χ4v) is 4.68. The molecule has 2 atom stereocenters. The lowest BCUT2D eigenvalue weighted by molar-refractivity contribution is -0.123. The molecule has 0 spiro atoms. The highest BCUT2D eigenvalue weighted by molar-refractivity contribution is 6.34. The van der Waals surface area contributed by atoms with Crippen LogP contribution in [0.1, 0.15) is 56.2 Å². The van der Waals surface area contributed by atoms with Gasteiger partial charge in [0.1, 0.15) is 0 Å². The van der Waals surface area contributed by atoms with E-state index in [9.17, 15) is 9.59 Å². The van der Waals surface area contributed by atoms with Gasteiger partial charge in [-0.25, -0.2) is 18.1 Å². The number of para-hydroxylation sites is 1. The van der Waals surface area contributed by atoms with Gasteiger partial charge < -0.3 is 5.73 Å². The highest BCUT2D eigenvalue weighted by atomic mass is 19.2. The lowest BCUT2D eigenvalue weighted by atomic mass is 9.77. The minimum atomic E-state index is -2.67. The second kappa shape index (κ2) is 8.51. The third-order valence-corrected chi connectivity index (χ3v) is 6.47.